The molecule has 1 aromatic rings. The van der Waals surface area contributed by atoms with E-state index in [1.807, 2.05) is 38.1 Å². The van der Waals surface area contributed by atoms with Crippen molar-refractivity contribution in [3.63, 3.8) is 0 Å². The smallest absolute Gasteiger partial charge is 0.236 e. The third kappa shape index (κ3) is 3.46. The molecular formula is C13H20N2O2. The lowest BCUT2D eigenvalue weighted by Crippen LogP contribution is -2.41. The maximum absolute atomic E-state index is 11.4. The summed E-state index contributed by atoms with van der Waals surface area (Å²) in [6.45, 7) is 3.85. The van der Waals surface area contributed by atoms with Crippen molar-refractivity contribution in [2.75, 3.05) is 14.2 Å². The van der Waals surface area contributed by atoms with Crippen LogP contribution in [0, 0.1) is 0 Å². The number of amides is 1. The fourth-order valence-corrected chi connectivity index (χ4v) is 1.78. The van der Waals surface area contributed by atoms with Crippen molar-refractivity contribution >= 4 is 5.91 Å². The van der Waals surface area contributed by atoms with E-state index in [2.05, 4.69) is 10.6 Å². The number of hydrogen-bond acceptors (Lipinski definition) is 3. The summed E-state index contributed by atoms with van der Waals surface area (Å²) in [5.74, 6) is 0.809. The summed E-state index contributed by atoms with van der Waals surface area (Å²) in [6.07, 6.45) is 0. The number of rotatable bonds is 5. The Kier molecular flexibility index (Phi) is 4.97. The van der Waals surface area contributed by atoms with Gasteiger partial charge in [0.1, 0.15) is 5.75 Å². The molecule has 2 N–H and O–H groups in total. The molecule has 94 valence electrons. The number of hydrogen-bond donors (Lipinski definition) is 2. The van der Waals surface area contributed by atoms with Gasteiger partial charge >= 0.3 is 0 Å². The van der Waals surface area contributed by atoms with E-state index in [-0.39, 0.29) is 18.0 Å². The van der Waals surface area contributed by atoms with Crippen LogP contribution in [0.2, 0.25) is 0 Å². The first kappa shape index (κ1) is 13.5. The van der Waals surface area contributed by atoms with E-state index in [1.165, 1.54) is 0 Å². The predicted molar refractivity (Wildman–Crippen MR) is 68.1 cm³/mol. The topological polar surface area (TPSA) is 50.4 Å². The number of methoxy groups -OCH3 is 1. The largest absolute Gasteiger partial charge is 0.496 e. The maximum atomic E-state index is 11.4. The van der Waals surface area contributed by atoms with Crippen LogP contribution < -0.4 is 15.4 Å². The van der Waals surface area contributed by atoms with Gasteiger partial charge in [0, 0.05) is 18.7 Å². The molecule has 0 aromatic heterocycles. The van der Waals surface area contributed by atoms with Gasteiger partial charge in [-0.05, 0) is 19.9 Å². The molecule has 0 aliphatic carbocycles. The highest BCUT2D eigenvalue weighted by Gasteiger charge is 2.16. The molecule has 17 heavy (non-hydrogen) atoms. The lowest BCUT2D eigenvalue weighted by atomic mass is 10.1. The summed E-state index contributed by atoms with van der Waals surface area (Å²) in [6, 6.07) is 7.61. The van der Waals surface area contributed by atoms with Gasteiger partial charge in [0.2, 0.25) is 5.91 Å². The van der Waals surface area contributed by atoms with Crippen LogP contribution in [0.15, 0.2) is 24.3 Å². The number of carbonyl (C=O) groups excluding carboxylic acids is 1. The van der Waals surface area contributed by atoms with Crippen molar-refractivity contribution in [2.45, 2.75) is 25.9 Å². The summed E-state index contributed by atoms with van der Waals surface area (Å²) in [5, 5.41) is 5.85. The Morgan fingerprint density at radius 1 is 1.29 bits per heavy atom. The third-order valence-corrected chi connectivity index (χ3v) is 2.75. The summed E-state index contributed by atoms with van der Waals surface area (Å²) in [7, 11) is 3.28. The summed E-state index contributed by atoms with van der Waals surface area (Å²) >= 11 is 0. The van der Waals surface area contributed by atoms with Crippen molar-refractivity contribution in [3.8, 4) is 5.75 Å². The normalized spacial score (nSPS) is 13.9. The molecule has 0 bridgehead atoms. The molecular weight excluding hydrogens is 216 g/mol. The van der Waals surface area contributed by atoms with Crippen molar-refractivity contribution in [3.05, 3.63) is 29.8 Å². The summed E-state index contributed by atoms with van der Waals surface area (Å²) in [4.78, 5) is 11.4. The number of likely N-dealkylation sites (N-methyl/N-ethyl adjacent to an activating group) is 1. The Morgan fingerprint density at radius 2 is 1.94 bits per heavy atom. The van der Waals surface area contributed by atoms with Gasteiger partial charge in [-0.3, -0.25) is 10.1 Å². The number of nitrogens with one attached hydrogen (secondary N) is 2. The average molecular weight is 236 g/mol. The first-order valence-corrected chi connectivity index (χ1v) is 5.70. The molecule has 2 unspecified atom stereocenters. The molecule has 0 aliphatic heterocycles. The number of carbonyl (C=O) groups is 1. The van der Waals surface area contributed by atoms with Gasteiger partial charge in [-0.1, -0.05) is 18.2 Å². The van der Waals surface area contributed by atoms with Gasteiger partial charge in [-0.2, -0.15) is 0 Å². The molecule has 4 nitrogen and oxygen atoms in total. The third-order valence-electron chi connectivity index (χ3n) is 2.75. The molecule has 0 fully saturated rings. The fraction of sp³-hybridized carbons (Fsp3) is 0.462. The van der Waals surface area contributed by atoms with E-state index in [0.717, 1.165) is 11.3 Å². The highest BCUT2D eigenvalue weighted by molar-refractivity contribution is 5.81. The van der Waals surface area contributed by atoms with Crippen molar-refractivity contribution < 1.29 is 9.53 Å². The molecule has 0 aliphatic rings. The second-order valence-electron chi connectivity index (χ2n) is 3.97. The van der Waals surface area contributed by atoms with E-state index >= 15 is 0 Å². The van der Waals surface area contributed by atoms with E-state index in [1.54, 1.807) is 14.2 Å². The zero-order chi connectivity index (χ0) is 12.8. The van der Waals surface area contributed by atoms with Crippen LogP contribution in [0.4, 0.5) is 0 Å². The Bertz CT molecular complexity index is 379. The number of ether oxygens (including phenoxy) is 1. The highest BCUT2D eigenvalue weighted by atomic mass is 16.5. The molecule has 1 amide bonds. The Morgan fingerprint density at radius 3 is 2.53 bits per heavy atom. The molecule has 0 saturated heterocycles. The van der Waals surface area contributed by atoms with E-state index in [0.29, 0.717) is 0 Å². The summed E-state index contributed by atoms with van der Waals surface area (Å²) < 4.78 is 5.29. The zero-order valence-electron chi connectivity index (χ0n) is 10.8. The number of benzene rings is 1. The second kappa shape index (κ2) is 6.25. The van der Waals surface area contributed by atoms with Crippen LogP contribution in [0.3, 0.4) is 0 Å². The van der Waals surface area contributed by atoms with Crippen LogP contribution in [-0.2, 0) is 4.79 Å². The summed E-state index contributed by atoms with van der Waals surface area (Å²) in [5.41, 5.74) is 1.05. The van der Waals surface area contributed by atoms with Gasteiger partial charge in [-0.15, -0.1) is 0 Å². The van der Waals surface area contributed by atoms with Gasteiger partial charge in [0.25, 0.3) is 0 Å². The monoisotopic (exact) mass is 236 g/mol. The van der Waals surface area contributed by atoms with Crippen LogP contribution in [0.25, 0.3) is 0 Å². The first-order chi connectivity index (χ1) is 8.10. The van der Waals surface area contributed by atoms with Crippen LogP contribution in [0.5, 0.6) is 5.75 Å². The first-order valence-electron chi connectivity index (χ1n) is 5.70. The Labute approximate surface area is 102 Å². The van der Waals surface area contributed by atoms with Crippen molar-refractivity contribution in [1.29, 1.82) is 0 Å². The SMILES string of the molecule is CNC(=O)C(C)NC(C)c1ccccc1OC. The Hall–Kier alpha value is -1.55. The highest BCUT2D eigenvalue weighted by Crippen LogP contribution is 2.24. The minimum Gasteiger partial charge on any atom is -0.496 e. The van der Waals surface area contributed by atoms with Crippen LogP contribution in [0.1, 0.15) is 25.5 Å². The standard InChI is InChI=1S/C13H20N2O2/c1-9(15-10(2)13(16)14-3)11-7-5-6-8-12(11)17-4/h5-10,15H,1-4H3,(H,14,16). The van der Waals surface area contributed by atoms with Gasteiger partial charge in [0.05, 0.1) is 13.2 Å². The molecule has 0 radical (unpaired) electrons. The minimum absolute atomic E-state index is 0.0215. The van der Waals surface area contributed by atoms with Crippen LogP contribution in [-0.4, -0.2) is 26.1 Å². The van der Waals surface area contributed by atoms with Crippen LogP contribution >= 0.6 is 0 Å². The molecule has 1 aromatic carbocycles. The molecule has 0 heterocycles. The van der Waals surface area contributed by atoms with Gasteiger partial charge in [-0.25, -0.2) is 0 Å². The molecule has 0 spiro atoms. The van der Waals surface area contributed by atoms with Crippen molar-refractivity contribution in [1.82, 2.24) is 10.6 Å². The van der Waals surface area contributed by atoms with Gasteiger partial charge in [0.15, 0.2) is 0 Å². The molecule has 4 heteroatoms. The number of para-hydroxylation sites is 1. The Balaban J connectivity index is 2.75. The predicted octanol–water partition coefficient (Wildman–Crippen LogP) is 1.48. The molecule has 2 atom stereocenters. The quantitative estimate of drug-likeness (QED) is 0.814. The zero-order valence-corrected chi connectivity index (χ0v) is 10.8. The fourth-order valence-electron chi connectivity index (χ4n) is 1.78. The van der Waals surface area contributed by atoms with Crippen molar-refractivity contribution in [2.24, 2.45) is 0 Å². The lowest BCUT2D eigenvalue weighted by Gasteiger charge is -2.20. The lowest BCUT2D eigenvalue weighted by molar-refractivity contribution is -0.122. The van der Waals surface area contributed by atoms with E-state index < -0.39 is 0 Å². The average Bonchev–Trinajstić information content (AvgIpc) is 2.37. The maximum Gasteiger partial charge on any atom is 0.236 e. The van der Waals surface area contributed by atoms with E-state index in [9.17, 15) is 4.79 Å². The molecule has 1 rings (SSSR count). The second-order valence-corrected chi connectivity index (χ2v) is 3.97. The molecule has 0 saturated carbocycles. The van der Waals surface area contributed by atoms with Gasteiger partial charge < -0.3 is 10.1 Å². The minimum atomic E-state index is -0.236. The van der Waals surface area contributed by atoms with E-state index in [4.69, 9.17) is 4.74 Å².